The van der Waals surface area contributed by atoms with Gasteiger partial charge in [-0.25, -0.2) is 14.8 Å². The first-order chi connectivity index (χ1) is 13.6. The summed E-state index contributed by atoms with van der Waals surface area (Å²) in [6.07, 6.45) is 1.51. The summed E-state index contributed by atoms with van der Waals surface area (Å²) >= 11 is 0. The Morgan fingerprint density at radius 3 is 2.28 bits per heavy atom. The molecule has 1 aromatic heterocycles. The molecule has 1 fully saturated rings. The van der Waals surface area contributed by atoms with E-state index >= 15 is 0 Å². The molecular formula is C17H20F3N3O5S. The number of aromatic nitrogens is 2. The number of anilines is 1. The summed E-state index contributed by atoms with van der Waals surface area (Å²) in [6, 6.07) is 4.01. The van der Waals surface area contributed by atoms with Crippen molar-refractivity contribution in [2.45, 2.75) is 32.2 Å². The Kier molecular flexibility index (Phi) is 6.88. The minimum absolute atomic E-state index is 0.0676. The predicted octanol–water partition coefficient (Wildman–Crippen LogP) is 3.27. The van der Waals surface area contributed by atoms with Crippen LogP contribution in [-0.4, -0.2) is 50.1 Å². The highest BCUT2D eigenvalue weighted by Crippen LogP contribution is 2.34. The van der Waals surface area contributed by atoms with Gasteiger partial charge in [-0.1, -0.05) is 13.8 Å². The maximum absolute atomic E-state index is 12.7. The number of benzene rings is 1. The fraction of sp³-hybridized carbons (Fsp3) is 0.471. The zero-order valence-corrected chi connectivity index (χ0v) is 16.8. The lowest BCUT2D eigenvalue weighted by molar-refractivity contribution is -0.0501. The van der Waals surface area contributed by atoms with Crippen molar-refractivity contribution in [3.8, 4) is 5.88 Å². The summed E-state index contributed by atoms with van der Waals surface area (Å²) in [7, 11) is -4.70. The van der Waals surface area contributed by atoms with Gasteiger partial charge in [0.15, 0.2) is 5.82 Å². The van der Waals surface area contributed by atoms with E-state index in [0.29, 0.717) is 13.1 Å². The van der Waals surface area contributed by atoms with Crippen molar-refractivity contribution in [2.75, 3.05) is 25.1 Å². The van der Waals surface area contributed by atoms with Crippen molar-refractivity contribution in [3.63, 3.8) is 0 Å². The topological polar surface area (TPSA) is 98.7 Å². The van der Waals surface area contributed by atoms with Crippen LogP contribution >= 0.6 is 0 Å². The van der Waals surface area contributed by atoms with Crippen LogP contribution in [0.15, 0.2) is 18.2 Å². The Morgan fingerprint density at radius 1 is 1.10 bits per heavy atom. The van der Waals surface area contributed by atoms with Crippen molar-refractivity contribution in [2.24, 2.45) is 0 Å². The average Bonchev–Trinajstić information content (AvgIpc) is 3.21. The smallest absolute Gasteiger partial charge is 0.465 e. The highest BCUT2D eigenvalue weighted by molar-refractivity contribution is 7.88. The Hall–Kier alpha value is -2.63. The van der Waals surface area contributed by atoms with E-state index in [1.54, 1.807) is 4.90 Å². The van der Waals surface area contributed by atoms with Crippen molar-refractivity contribution < 1.29 is 35.3 Å². The Bertz CT molecular complexity index is 990. The maximum Gasteiger partial charge on any atom is 0.534 e. The first kappa shape index (κ1) is 22.7. The maximum atomic E-state index is 12.7. The Labute approximate surface area is 165 Å². The molecule has 0 unspecified atom stereocenters. The highest BCUT2D eigenvalue weighted by Gasteiger charge is 2.49. The van der Waals surface area contributed by atoms with Crippen molar-refractivity contribution >= 4 is 32.9 Å². The first-order valence-corrected chi connectivity index (χ1v) is 10.2. The molecule has 12 heteroatoms. The molecule has 0 radical (unpaired) electrons. The number of methoxy groups -OCH3 is 1. The molecule has 3 rings (SSSR count). The number of halogens is 3. The molecule has 0 saturated carbocycles. The number of fused-ring (bicyclic) bond motifs is 1. The second-order valence-corrected chi connectivity index (χ2v) is 7.26. The summed E-state index contributed by atoms with van der Waals surface area (Å²) in [5, 5.41) is 0. The van der Waals surface area contributed by atoms with Crippen LogP contribution in [0.2, 0.25) is 0 Å². The van der Waals surface area contributed by atoms with Crippen LogP contribution in [0.3, 0.4) is 0 Å². The van der Waals surface area contributed by atoms with Crippen LogP contribution in [0.5, 0.6) is 5.88 Å². The van der Waals surface area contributed by atoms with E-state index in [9.17, 15) is 26.4 Å². The minimum atomic E-state index is -5.90. The summed E-state index contributed by atoms with van der Waals surface area (Å²) in [4.78, 5) is 21.3. The monoisotopic (exact) mass is 435 g/mol. The number of esters is 1. The third-order valence-electron chi connectivity index (χ3n) is 3.91. The number of hydrogen-bond acceptors (Lipinski definition) is 8. The van der Waals surface area contributed by atoms with E-state index < -0.39 is 27.5 Å². The number of nitrogens with zero attached hydrogens (tertiary/aromatic N) is 3. The van der Waals surface area contributed by atoms with Crippen LogP contribution in [-0.2, 0) is 14.9 Å². The van der Waals surface area contributed by atoms with Gasteiger partial charge in [-0.3, -0.25) is 0 Å². The van der Waals surface area contributed by atoms with Crippen LogP contribution in [0, 0.1) is 0 Å². The van der Waals surface area contributed by atoms with E-state index in [1.165, 1.54) is 25.3 Å². The SMILES string of the molecule is CC.COC(=O)c1ccc2nc(OS(=O)(=O)C(F)(F)F)c(N3CCCC3)nc2c1. The summed E-state index contributed by atoms with van der Waals surface area (Å²) < 4.78 is 69.8. The summed E-state index contributed by atoms with van der Waals surface area (Å²) in [5.41, 5.74) is -5.17. The summed E-state index contributed by atoms with van der Waals surface area (Å²) in [5.74, 6) is -1.51. The van der Waals surface area contributed by atoms with Crippen molar-refractivity contribution in [1.29, 1.82) is 0 Å². The molecule has 0 N–H and O–H groups in total. The van der Waals surface area contributed by atoms with Crippen LogP contribution < -0.4 is 9.08 Å². The highest BCUT2D eigenvalue weighted by atomic mass is 32.2. The zero-order chi connectivity index (χ0) is 21.8. The molecule has 160 valence electrons. The molecule has 29 heavy (non-hydrogen) atoms. The lowest BCUT2D eigenvalue weighted by Crippen LogP contribution is -2.30. The lowest BCUT2D eigenvalue weighted by Gasteiger charge is -2.20. The van der Waals surface area contributed by atoms with Crippen molar-refractivity contribution in [3.05, 3.63) is 23.8 Å². The number of carbonyl (C=O) groups is 1. The molecule has 1 aliphatic heterocycles. The fourth-order valence-corrected chi connectivity index (χ4v) is 3.03. The fourth-order valence-electron chi connectivity index (χ4n) is 2.62. The standard InChI is InChI=1S/C15H14F3N3O5S.C2H6/c1-25-14(22)9-4-5-10-11(8-9)19-12(21-6-2-3-7-21)13(20-10)26-27(23,24)15(16,17)18;1-2/h4-5,8H,2-3,6-7H2,1H3;1-2H3. The summed E-state index contributed by atoms with van der Waals surface area (Å²) in [6.45, 7) is 4.92. The van der Waals surface area contributed by atoms with E-state index in [1.807, 2.05) is 13.8 Å². The molecule has 8 nitrogen and oxygen atoms in total. The minimum Gasteiger partial charge on any atom is -0.465 e. The molecule has 2 aromatic rings. The number of hydrogen-bond donors (Lipinski definition) is 0. The predicted molar refractivity (Wildman–Crippen MR) is 99.3 cm³/mol. The normalized spacial score (nSPS) is 14.3. The molecular weight excluding hydrogens is 415 g/mol. The third kappa shape index (κ3) is 4.86. The molecule has 0 spiro atoms. The molecule has 1 saturated heterocycles. The van der Waals surface area contributed by atoms with Crippen molar-refractivity contribution in [1.82, 2.24) is 9.97 Å². The molecule has 0 aliphatic carbocycles. The van der Waals surface area contributed by atoms with Crippen LogP contribution in [0.25, 0.3) is 11.0 Å². The molecule has 0 atom stereocenters. The van der Waals surface area contributed by atoms with Gasteiger partial charge in [0, 0.05) is 13.1 Å². The molecule has 0 amide bonds. The average molecular weight is 435 g/mol. The van der Waals surface area contributed by atoms with Gasteiger partial charge in [-0.15, -0.1) is 0 Å². The largest absolute Gasteiger partial charge is 0.534 e. The number of carbonyl (C=O) groups excluding carboxylic acids is 1. The Balaban J connectivity index is 0.00000145. The van der Waals surface area contributed by atoms with Gasteiger partial charge in [-0.2, -0.15) is 21.6 Å². The van der Waals surface area contributed by atoms with E-state index in [0.717, 1.165) is 12.8 Å². The van der Waals surface area contributed by atoms with Gasteiger partial charge in [-0.05, 0) is 31.0 Å². The third-order valence-corrected chi connectivity index (χ3v) is 4.86. The number of rotatable bonds is 4. The van der Waals surface area contributed by atoms with Gasteiger partial charge in [0.1, 0.15) is 0 Å². The van der Waals surface area contributed by atoms with Gasteiger partial charge in [0.25, 0.3) is 5.88 Å². The molecule has 1 aliphatic rings. The number of alkyl halides is 3. The molecule has 0 bridgehead atoms. The van der Waals surface area contributed by atoms with E-state index in [4.69, 9.17) is 0 Å². The van der Waals surface area contributed by atoms with E-state index in [2.05, 4.69) is 18.9 Å². The van der Waals surface area contributed by atoms with Gasteiger partial charge in [0.2, 0.25) is 0 Å². The number of ether oxygens (including phenoxy) is 1. The second-order valence-electron chi connectivity index (χ2n) is 5.72. The molecule has 2 heterocycles. The van der Waals surface area contributed by atoms with Crippen LogP contribution in [0.1, 0.15) is 37.0 Å². The lowest BCUT2D eigenvalue weighted by atomic mass is 10.2. The quantitative estimate of drug-likeness (QED) is 0.410. The van der Waals surface area contributed by atoms with E-state index in [-0.39, 0.29) is 22.4 Å². The zero-order valence-electron chi connectivity index (χ0n) is 16.0. The Morgan fingerprint density at radius 2 is 1.72 bits per heavy atom. The van der Waals surface area contributed by atoms with Crippen LogP contribution in [0.4, 0.5) is 19.0 Å². The second kappa shape index (κ2) is 8.80. The van der Waals surface area contributed by atoms with Gasteiger partial charge < -0.3 is 13.8 Å². The van der Waals surface area contributed by atoms with Gasteiger partial charge in [0.05, 0.1) is 23.7 Å². The van der Waals surface area contributed by atoms with Gasteiger partial charge >= 0.3 is 21.6 Å². The first-order valence-electron chi connectivity index (χ1n) is 8.78. The molecule has 1 aromatic carbocycles.